The molecule has 0 heterocycles. The van der Waals surface area contributed by atoms with Crippen molar-refractivity contribution in [2.45, 2.75) is 59.0 Å². The van der Waals surface area contributed by atoms with Crippen molar-refractivity contribution in [1.29, 1.82) is 0 Å². The van der Waals surface area contributed by atoms with Crippen LogP contribution in [0.5, 0.6) is 11.5 Å². The first-order chi connectivity index (χ1) is 14.1. The molecule has 0 bridgehead atoms. The van der Waals surface area contributed by atoms with Crippen LogP contribution in [0.3, 0.4) is 0 Å². The van der Waals surface area contributed by atoms with E-state index in [2.05, 4.69) is 24.5 Å². The van der Waals surface area contributed by atoms with Gasteiger partial charge in [0.2, 0.25) is 5.91 Å². The summed E-state index contributed by atoms with van der Waals surface area (Å²) in [4.78, 5) is 12.2. The molecule has 2 aromatic carbocycles. The highest BCUT2D eigenvalue weighted by Crippen LogP contribution is 2.19. The fraction of sp³-hybridized carbons (Fsp3) is 0.458. The minimum Gasteiger partial charge on any atom is -0.494 e. The topological polar surface area (TPSA) is 59.6 Å². The summed E-state index contributed by atoms with van der Waals surface area (Å²) in [6.07, 6.45) is 5.85. The summed E-state index contributed by atoms with van der Waals surface area (Å²) in [5.74, 6) is 1.51. The minimum absolute atomic E-state index is 0.109. The third-order valence-electron chi connectivity index (χ3n) is 4.60. The average molecular weight is 399 g/mol. The van der Waals surface area contributed by atoms with E-state index >= 15 is 0 Å². The maximum atomic E-state index is 12.2. The Hall–Kier alpha value is -2.69. The van der Waals surface area contributed by atoms with Crippen molar-refractivity contribution in [2.75, 3.05) is 23.8 Å². The maximum Gasteiger partial charge on any atom is 0.243 e. The Kier molecular flexibility index (Phi) is 9.90. The van der Waals surface area contributed by atoms with Gasteiger partial charge >= 0.3 is 0 Å². The van der Waals surface area contributed by atoms with Gasteiger partial charge in [-0.15, -0.1) is 0 Å². The lowest BCUT2D eigenvalue weighted by Gasteiger charge is -2.14. The Morgan fingerprint density at radius 2 is 1.76 bits per heavy atom. The van der Waals surface area contributed by atoms with Gasteiger partial charge in [-0.25, -0.2) is 0 Å². The molecule has 0 aromatic heterocycles. The largest absolute Gasteiger partial charge is 0.494 e. The molecule has 2 aromatic rings. The molecule has 0 aliphatic carbocycles. The zero-order chi connectivity index (χ0) is 20.9. The van der Waals surface area contributed by atoms with Crippen LogP contribution in [-0.4, -0.2) is 25.2 Å². The molecule has 29 heavy (non-hydrogen) atoms. The molecular formula is C24H34N2O3. The highest BCUT2D eigenvalue weighted by Gasteiger charge is 2.06. The monoisotopic (exact) mass is 398 g/mol. The standard InChI is InChI=1S/C24H34N2O3/c1-4-6-7-8-16-28-22-14-12-20(13-15-22)25-18-24(27)26-21-10-9-11-23(17-21)29-19(3)5-2/h9-15,17,19,25H,4-8,16,18H2,1-3H3,(H,26,27). The Bertz CT molecular complexity index is 731. The quantitative estimate of drug-likeness (QED) is 0.414. The third kappa shape index (κ3) is 8.90. The number of carbonyl (C=O) groups excluding carboxylic acids is 1. The Balaban J connectivity index is 1.74. The van der Waals surface area contributed by atoms with Gasteiger partial charge in [-0.3, -0.25) is 4.79 Å². The number of benzene rings is 2. The predicted octanol–water partition coefficient (Wildman–Crippen LogP) is 5.87. The summed E-state index contributed by atoms with van der Waals surface area (Å²) < 4.78 is 11.5. The van der Waals surface area contributed by atoms with Crippen molar-refractivity contribution in [3.63, 3.8) is 0 Å². The van der Waals surface area contributed by atoms with Crippen LogP contribution >= 0.6 is 0 Å². The first-order valence-corrected chi connectivity index (χ1v) is 10.6. The van der Waals surface area contributed by atoms with E-state index in [4.69, 9.17) is 9.47 Å². The Labute approximate surface area is 174 Å². The molecule has 0 radical (unpaired) electrons. The van der Waals surface area contributed by atoms with Crippen LogP contribution in [-0.2, 0) is 4.79 Å². The summed E-state index contributed by atoms with van der Waals surface area (Å²) in [7, 11) is 0. The zero-order valence-electron chi connectivity index (χ0n) is 17.9. The van der Waals surface area contributed by atoms with E-state index in [1.165, 1.54) is 19.3 Å². The summed E-state index contributed by atoms with van der Waals surface area (Å²) in [6, 6.07) is 15.2. The van der Waals surface area contributed by atoms with Crippen molar-refractivity contribution >= 4 is 17.3 Å². The highest BCUT2D eigenvalue weighted by molar-refractivity contribution is 5.93. The van der Waals surface area contributed by atoms with Gasteiger partial charge in [0, 0.05) is 17.4 Å². The number of hydrogen-bond acceptors (Lipinski definition) is 4. The van der Waals surface area contributed by atoms with Crippen LogP contribution in [0.25, 0.3) is 0 Å². The van der Waals surface area contributed by atoms with E-state index in [0.717, 1.165) is 42.3 Å². The van der Waals surface area contributed by atoms with E-state index < -0.39 is 0 Å². The van der Waals surface area contributed by atoms with Gasteiger partial charge in [0.05, 0.1) is 19.3 Å². The lowest BCUT2D eigenvalue weighted by molar-refractivity contribution is -0.114. The first kappa shape index (κ1) is 22.6. The van der Waals surface area contributed by atoms with Crippen molar-refractivity contribution in [3.05, 3.63) is 48.5 Å². The molecule has 158 valence electrons. The van der Waals surface area contributed by atoms with Crippen molar-refractivity contribution in [3.8, 4) is 11.5 Å². The molecular weight excluding hydrogens is 364 g/mol. The number of ether oxygens (including phenoxy) is 2. The highest BCUT2D eigenvalue weighted by atomic mass is 16.5. The average Bonchev–Trinajstić information content (AvgIpc) is 2.73. The van der Waals surface area contributed by atoms with Crippen LogP contribution in [0, 0.1) is 0 Å². The molecule has 0 saturated carbocycles. The Morgan fingerprint density at radius 1 is 0.966 bits per heavy atom. The SMILES string of the molecule is CCCCCCOc1ccc(NCC(=O)Nc2cccc(OC(C)CC)c2)cc1. The molecule has 0 saturated heterocycles. The molecule has 5 nitrogen and oxygen atoms in total. The van der Waals surface area contributed by atoms with E-state index in [1.54, 1.807) is 0 Å². The van der Waals surface area contributed by atoms with Crippen LogP contribution in [0.15, 0.2) is 48.5 Å². The van der Waals surface area contributed by atoms with Crippen molar-refractivity contribution < 1.29 is 14.3 Å². The van der Waals surface area contributed by atoms with Crippen LogP contribution in [0.2, 0.25) is 0 Å². The first-order valence-electron chi connectivity index (χ1n) is 10.6. The van der Waals surface area contributed by atoms with Gasteiger partial charge in [0.25, 0.3) is 0 Å². The number of nitrogens with one attached hydrogen (secondary N) is 2. The lowest BCUT2D eigenvalue weighted by Crippen LogP contribution is -2.21. The molecule has 1 unspecified atom stereocenters. The van der Waals surface area contributed by atoms with E-state index in [0.29, 0.717) is 0 Å². The van der Waals surface area contributed by atoms with Crippen LogP contribution in [0.4, 0.5) is 11.4 Å². The van der Waals surface area contributed by atoms with Crippen molar-refractivity contribution in [1.82, 2.24) is 0 Å². The fourth-order valence-corrected chi connectivity index (χ4v) is 2.74. The molecule has 1 atom stereocenters. The zero-order valence-corrected chi connectivity index (χ0v) is 17.9. The molecule has 0 aliphatic rings. The molecule has 5 heteroatoms. The second-order valence-electron chi connectivity index (χ2n) is 7.20. The van der Waals surface area contributed by atoms with Gasteiger partial charge in [0.15, 0.2) is 0 Å². The van der Waals surface area contributed by atoms with Gasteiger partial charge in [-0.2, -0.15) is 0 Å². The normalized spacial score (nSPS) is 11.6. The predicted molar refractivity (Wildman–Crippen MR) is 120 cm³/mol. The van der Waals surface area contributed by atoms with Gasteiger partial charge in [0.1, 0.15) is 11.5 Å². The number of unbranched alkanes of at least 4 members (excludes halogenated alkanes) is 3. The number of hydrogen-bond donors (Lipinski definition) is 2. The Morgan fingerprint density at radius 3 is 2.48 bits per heavy atom. The summed E-state index contributed by atoms with van der Waals surface area (Å²) >= 11 is 0. The van der Waals surface area contributed by atoms with E-state index in [-0.39, 0.29) is 18.6 Å². The lowest BCUT2D eigenvalue weighted by atomic mass is 10.2. The van der Waals surface area contributed by atoms with Crippen LogP contribution < -0.4 is 20.1 Å². The molecule has 2 N–H and O–H groups in total. The van der Waals surface area contributed by atoms with Crippen LogP contribution in [0.1, 0.15) is 52.9 Å². The summed E-state index contributed by atoms with van der Waals surface area (Å²) in [5, 5.41) is 6.03. The van der Waals surface area contributed by atoms with Gasteiger partial charge in [-0.05, 0) is 56.2 Å². The molecule has 0 fully saturated rings. The smallest absolute Gasteiger partial charge is 0.243 e. The molecule has 1 amide bonds. The fourth-order valence-electron chi connectivity index (χ4n) is 2.74. The second-order valence-corrected chi connectivity index (χ2v) is 7.20. The van der Waals surface area contributed by atoms with E-state index in [1.807, 2.05) is 55.5 Å². The third-order valence-corrected chi connectivity index (χ3v) is 4.60. The molecule has 2 rings (SSSR count). The summed E-state index contributed by atoms with van der Waals surface area (Å²) in [5.41, 5.74) is 1.61. The maximum absolute atomic E-state index is 12.2. The van der Waals surface area contributed by atoms with Gasteiger partial charge in [-0.1, -0.05) is 39.2 Å². The second kappa shape index (κ2) is 12.7. The number of anilines is 2. The van der Waals surface area contributed by atoms with E-state index in [9.17, 15) is 4.79 Å². The molecule has 0 spiro atoms. The van der Waals surface area contributed by atoms with Gasteiger partial charge < -0.3 is 20.1 Å². The minimum atomic E-state index is -0.109. The van der Waals surface area contributed by atoms with Crippen molar-refractivity contribution in [2.24, 2.45) is 0 Å². The summed E-state index contributed by atoms with van der Waals surface area (Å²) in [6.45, 7) is 7.24. The molecule has 0 aliphatic heterocycles. The number of amides is 1. The number of rotatable bonds is 13. The number of carbonyl (C=O) groups is 1.